The second-order valence-electron chi connectivity index (χ2n) is 9.96. The van der Waals surface area contributed by atoms with Crippen LogP contribution >= 0.6 is 11.3 Å². The van der Waals surface area contributed by atoms with Gasteiger partial charge in [-0.15, -0.1) is 11.3 Å². The van der Waals surface area contributed by atoms with Gasteiger partial charge in [0.25, 0.3) is 5.91 Å². The molecule has 33 heavy (non-hydrogen) atoms. The van der Waals surface area contributed by atoms with Gasteiger partial charge in [0.1, 0.15) is 10.8 Å². The van der Waals surface area contributed by atoms with E-state index in [2.05, 4.69) is 23.2 Å². The highest BCUT2D eigenvalue weighted by molar-refractivity contribution is 7.09. The quantitative estimate of drug-likeness (QED) is 0.702. The van der Waals surface area contributed by atoms with E-state index in [1.54, 1.807) is 18.2 Å². The van der Waals surface area contributed by atoms with Gasteiger partial charge >= 0.3 is 0 Å². The second kappa shape index (κ2) is 7.81. The SMILES string of the molecule is COC1CCC2(CC1)Cc1ccc(OCC3CC3)cc1C21N=C(N)N(Cc2nccs2)C1=O. The maximum absolute atomic E-state index is 14.3. The first-order valence-corrected chi connectivity index (χ1v) is 12.8. The third kappa shape index (κ3) is 3.29. The number of nitrogens with zero attached hydrogens (tertiary/aromatic N) is 3. The summed E-state index contributed by atoms with van der Waals surface area (Å²) in [6.45, 7) is 1.10. The number of aromatic nitrogens is 1. The molecule has 1 atom stereocenters. The first kappa shape index (κ1) is 21.1. The van der Waals surface area contributed by atoms with Gasteiger partial charge in [-0.25, -0.2) is 9.98 Å². The molecular formula is C25H30N4O3S. The van der Waals surface area contributed by atoms with Crippen LogP contribution in [0.2, 0.25) is 0 Å². The Balaban J connectivity index is 1.41. The maximum Gasteiger partial charge on any atom is 0.262 e. The number of ether oxygens (including phenoxy) is 2. The number of guanidine groups is 1. The smallest absolute Gasteiger partial charge is 0.262 e. The van der Waals surface area contributed by atoms with Gasteiger partial charge in [0.15, 0.2) is 11.5 Å². The van der Waals surface area contributed by atoms with Gasteiger partial charge in [-0.05, 0) is 74.1 Å². The standard InChI is InChI=1S/C25H30N4O3S/c1-31-18-6-8-24(9-7-18)13-17-4-5-19(32-15-16-2-3-16)12-20(17)25(24)22(30)29(23(26)28-25)14-21-27-10-11-33-21/h4-5,10-12,16,18H,2-3,6-9,13-15H2,1H3,(H2,26,28). The summed E-state index contributed by atoms with van der Waals surface area (Å²) in [4.78, 5) is 25.3. The van der Waals surface area contributed by atoms with Gasteiger partial charge in [0.05, 0.1) is 19.3 Å². The first-order chi connectivity index (χ1) is 16.0. The van der Waals surface area contributed by atoms with Crippen LogP contribution in [0.3, 0.4) is 0 Å². The zero-order valence-electron chi connectivity index (χ0n) is 19.0. The molecule has 3 aliphatic carbocycles. The molecular weight excluding hydrogens is 436 g/mol. The van der Waals surface area contributed by atoms with E-state index in [1.165, 1.54) is 29.7 Å². The van der Waals surface area contributed by atoms with Gasteiger partial charge in [-0.1, -0.05) is 6.07 Å². The van der Waals surface area contributed by atoms with E-state index >= 15 is 0 Å². The number of carbonyl (C=O) groups excluding carboxylic acids is 1. The summed E-state index contributed by atoms with van der Waals surface area (Å²) < 4.78 is 11.8. The number of hydrogen-bond donors (Lipinski definition) is 1. The van der Waals surface area contributed by atoms with Gasteiger partial charge in [0.2, 0.25) is 0 Å². The lowest BCUT2D eigenvalue weighted by atomic mass is 9.61. The molecule has 174 valence electrons. The Morgan fingerprint density at radius 1 is 1.24 bits per heavy atom. The molecule has 2 spiro atoms. The van der Waals surface area contributed by atoms with Crippen LogP contribution in [0.4, 0.5) is 0 Å². The van der Waals surface area contributed by atoms with Crippen molar-refractivity contribution in [3.63, 3.8) is 0 Å². The normalized spacial score (nSPS) is 30.8. The molecule has 1 aromatic carbocycles. The zero-order chi connectivity index (χ0) is 22.6. The lowest BCUT2D eigenvalue weighted by Crippen LogP contribution is -2.52. The topological polar surface area (TPSA) is 90.0 Å². The van der Waals surface area contributed by atoms with Crippen molar-refractivity contribution in [2.24, 2.45) is 22.1 Å². The van der Waals surface area contributed by atoms with Crippen molar-refractivity contribution in [1.29, 1.82) is 0 Å². The molecule has 1 amide bonds. The van der Waals surface area contributed by atoms with Gasteiger partial charge in [0, 0.05) is 24.1 Å². The van der Waals surface area contributed by atoms with Gasteiger partial charge < -0.3 is 15.2 Å². The number of aliphatic imine (C=N–C) groups is 1. The molecule has 2 aromatic rings. The number of methoxy groups -OCH3 is 1. The molecule has 1 aliphatic heterocycles. The summed E-state index contributed by atoms with van der Waals surface area (Å²) in [6.07, 6.45) is 8.91. The lowest BCUT2D eigenvalue weighted by molar-refractivity contribution is -0.138. The largest absolute Gasteiger partial charge is 0.493 e. The highest BCUT2D eigenvalue weighted by Gasteiger charge is 2.66. The van der Waals surface area contributed by atoms with Crippen LogP contribution in [-0.2, 0) is 28.0 Å². The lowest BCUT2D eigenvalue weighted by Gasteiger charge is -2.45. The summed E-state index contributed by atoms with van der Waals surface area (Å²) in [7, 11) is 1.78. The molecule has 6 rings (SSSR count). The van der Waals surface area contributed by atoms with E-state index in [4.69, 9.17) is 20.2 Å². The minimum Gasteiger partial charge on any atom is -0.493 e. The Kier molecular flexibility index (Phi) is 4.99. The fraction of sp³-hybridized carbons (Fsp3) is 0.560. The van der Waals surface area contributed by atoms with Crippen LogP contribution in [0, 0.1) is 11.3 Å². The first-order valence-electron chi connectivity index (χ1n) is 11.9. The minimum atomic E-state index is -0.999. The Morgan fingerprint density at radius 2 is 2.06 bits per heavy atom. The van der Waals surface area contributed by atoms with E-state index < -0.39 is 5.54 Å². The Morgan fingerprint density at radius 3 is 2.76 bits per heavy atom. The van der Waals surface area contributed by atoms with Crippen molar-refractivity contribution >= 4 is 23.2 Å². The van der Waals surface area contributed by atoms with Crippen molar-refractivity contribution < 1.29 is 14.3 Å². The molecule has 0 saturated heterocycles. The van der Waals surface area contributed by atoms with Crippen LogP contribution in [0.15, 0.2) is 34.8 Å². The number of thiazole rings is 1. The summed E-state index contributed by atoms with van der Waals surface area (Å²) in [5.41, 5.74) is 7.33. The molecule has 2 N–H and O–H groups in total. The van der Waals surface area contributed by atoms with E-state index in [9.17, 15) is 4.79 Å². The summed E-state index contributed by atoms with van der Waals surface area (Å²) in [6, 6.07) is 6.25. The molecule has 1 aromatic heterocycles. The van der Waals surface area contributed by atoms with Crippen molar-refractivity contribution in [2.45, 2.75) is 63.1 Å². The van der Waals surface area contributed by atoms with E-state index in [1.807, 2.05) is 5.38 Å². The van der Waals surface area contributed by atoms with Crippen LogP contribution in [0.25, 0.3) is 0 Å². The number of fused-ring (bicyclic) bond motifs is 3. The van der Waals surface area contributed by atoms with Crippen molar-refractivity contribution in [3.05, 3.63) is 45.9 Å². The van der Waals surface area contributed by atoms with E-state index in [0.29, 0.717) is 18.4 Å². The Hall–Kier alpha value is -2.45. The van der Waals surface area contributed by atoms with Crippen molar-refractivity contribution in [3.8, 4) is 5.75 Å². The summed E-state index contributed by atoms with van der Waals surface area (Å²) in [5.74, 6) is 1.76. The average Bonchev–Trinajstić information content (AvgIpc) is 3.36. The van der Waals surface area contributed by atoms with Crippen LogP contribution < -0.4 is 10.5 Å². The zero-order valence-corrected chi connectivity index (χ0v) is 19.8. The number of carbonyl (C=O) groups is 1. The molecule has 0 bridgehead atoms. The fourth-order valence-corrected chi connectivity index (χ4v) is 6.65. The number of nitrogens with two attached hydrogens (primary N) is 1. The average molecular weight is 467 g/mol. The van der Waals surface area contributed by atoms with Crippen molar-refractivity contribution in [2.75, 3.05) is 13.7 Å². The molecule has 8 heteroatoms. The highest BCUT2D eigenvalue weighted by Crippen LogP contribution is 2.62. The second-order valence-corrected chi connectivity index (χ2v) is 10.9. The van der Waals surface area contributed by atoms with E-state index in [-0.39, 0.29) is 17.4 Å². The van der Waals surface area contributed by atoms with Gasteiger partial charge in [-0.2, -0.15) is 0 Å². The third-order valence-electron chi connectivity index (χ3n) is 8.06. The summed E-state index contributed by atoms with van der Waals surface area (Å²) >= 11 is 1.53. The molecule has 7 nitrogen and oxygen atoms in total. The Labute approximate surface area is 198 Å². The highest BCUT2D eigenvalue weighted by atomic mass is 32.1. The molecule has 2 saturated carbocycles. The number of hydrogen-bond acceptors (Lipinski definition) is 7. The molecule has 4 aliphatic rings. The summed E-state index contributed by atoms with van der Waals surface area (Å²) in [5, 5.41) is 2.77. The van der Waals surface area contributed by atoms with Crippen LogP contribution in [0.1, 0.15) is 54.7 Å². The van der Waals surface area contributed by atoms with Gasteiger partial charge in [-0.3, -0.25) is 9.69 Å². The molecule has 2 heterocycles. The third-order valence-corrected chi connectivity index (χ3v) is 8.83. The predicted molar refractivity (Wildman–Crippen MR) is 126 cm³/mol. The Bertz CT molecular complexity index is 1090. The predicted octanol–water partition coefficient (Wildman–Crippen LogP) is 3.62. The molecule has 1 unspecified atom stereocenters. The van der Waals surface area contributed by atoms with E-state index in [0.717, 1.165) is 55.0 Å². The monoisotopic (exact) mass is 466 g/mol. The number of benzene rings is 1. The fourth-order valence-electron chi connectivity index (χ4n) is 6.05. The number of amides is 1. The van der Waals surface area contributed by atoms with Crippen molar-refractivity contribution in [1.82, 2.24) is 9.88 Å². The number of rotatable bonds is 6. The minimum absolute atomic E-state index is 0.0239. The van der Waals surface area contributed by atoms with Crippen LogP contribution in [-0.4, -0.2) is 41.6 Å². The van der Waals surface area contributed by atoms with Crippen LogP contribution in [0.5, 0.6) is 5.75 Å². The molecule has 2 fully saturated rings. The molecule has 0 radical (unpaired) electrons. The maximum atomic E-state index is 14.3.